The molecule has 1 aromatic carbocycles. The second kappa shape index (κ2) is 6.18. The minimum Gasteiger partial charge on any atom is -0.313 e. The molecular formula is C16H22FN3. The van der Waals surface area contributed by atoms with E-state index in [1.807, 2.05) is 37.6 Å². The first-order valence-corrected chi connectivity index (χ1v) is 7.12. The van der Waals surface area contributed by atoms with E-state index in [1.165, 1.54) is 0 Å². The van der Waals surface area contributed by atoms with Crippen LogP contribution in [0.15, 0.2) is 18.2 Å². The minimum absolute atomic E-state index is 0.161. The summed E-state index contributed by atoms with van der Waals surface area (Å²) in [6.07, 6.45) is 0. The second-order valence-corrected chi connectivity index (χ2v) is 4.95. The van der Waals surface area contributed by atoms with Crippen LogP contribution in [0.4, 0.5) is 4.39 Å². The molecule has 0 aliphatic carbocycles. The van der Waals surface area contributed by atoms with Crippen molar-refractivity contribution in [1.29, 1.82) is 0 Å². The first-order valence-electron chi connectivity index (χ1n) is 7.12. The van der Waals surface area contributed by atoms with E-state index < -0.39 is 0 Å². The highest BCUT2D eigenvalue weighted by Crippen LogP contribution is 2.28. The van der Waals surface area contributed by atoms with Crippen molar-refractivity contribution in [2.45, 2.75) is 40.8 Å². The average molecular weight is 275 g/mol. The molecule has 0 bridgehead atoms. The minimum atomic E-state index is -0.161. The Balaban J connectivity index is 2.39. The molecule has 3 nitrogen and oxygen atoms in total. The number of hydrogen-bond donors (Lipinski definition) is 1. The number of aryl methyl sites for hydroxylation is 2. The molecule has 20 heavy (non-hydrogen) atoms. The summed E-state index contributed by atoms with van der Waals surface area (Å²) in [4.78, 5) is 0. The van der Waals surface area contributed by atoms with Gasteiger partial charge < -0.3 is 5.32 Å². The lowest BCUT2D eigenvalue weighted by Crippen LogP contribution is -2.12. The van der Waals surface area contributed by atoms with E-state index in [4.69, 9.17) is 0 Å². The van der Waals surface area contributed by atoms with E-state index in [9.17, 15) is 4.39 Å². The predicted octanol–water partition coefficient (Wildman–Crippen LogP) is 3.44. The van der Waals surface area contributed by atoms with Gasteiger partial charge in [-0.3, -0.25) is 4.68 Å². The first-order chi connectivity index (χ1) is 9.58. The molecule has 0 unspecified atom stereocenters. The molecule has 2 aromatic rings. The fourth-order valence-corrected chi connectivity index (χ4v) is 2.53. The Morgan fingerprint density at radius 2 is 2.00 bits per heavy atom. The van der Waals surface area contributed by atoms with Crippen LogP contribution in [0.2, 0.25) is 0 Å². The quantitative estimate of drug-likeness (QED) is 0.906. The zero-order valence-corrected chi connectivity index (χ0v) is 12.6. The lowest BCUT2D eigenvalue weighted by Gasteiger charge is -2.08. The van der Waals surface area contributed by atoms with Gasteiger partial charge in [0.05, 0.1) is 5.69 Å². The smallest absolute Gasteiger partial charge is 0.128 e. The van der Waals surface area contributed by atoms with Crippen molar-refractivity contribution in [1.82, 2.24) is 15.1 Å². The fraction of sp³-hybridized carbons (Fsp3) is 0.438. The Kier molecular flexibility index (Phi) is 4.55. The van der Waals surface area contributed by atoms with Crippen molar-refractivity contribution in [3.05, 3.63) is 41.0 Å². The average Bonchev–Trinajstić information content (AvgIpc) is 2.72. The van der Waals surface area contributed by atoms with Gasteiger partial charge in [-0.2, -0.15) is 5.10 Å². The summed E-state index contributed by atoms with van der Waals surface area (Å²) in [7, 11) is 0. The molecule has 1 aromatic heterocycles. The molecule has 1 N–H and O–H groups in total. The summed E-state index contributed by atoms with van der Waals surface area (Å²) in [5.41, 5.74) is 4.68. The third-order valence-electron chi connectivity index (χ3n) is 3.59. The molecular weight excluding hydrogens is 253 g/mol. The van der Waals surface area contributed by atoms with E-state index in [1.54, 1.807) is 6.07 Å². The van der Waals surface area contributed by atoms with E-state index in [0.717, 1.165) is 35.6 Å². The highest BCUT2D eigenvalue weighted by atomic mass is 19.1. The van der Waals surface area contributed by atoms with Gasteiger partial charge >= 0.3 is 0 Å². The maximum atomic E-state index is 14.1. The predicted molar refractivity (Wildman–Crippen MR) is 80.1 cm³/mol. The van der Waals surface area contributed by atoms with Gasteiger partial charge in [-0.15, -0.1) is 0 Å². The molecule has 0 saturated heterocycles. The van der Waals surface area contributed by atoms with Crippen LogP contribution in [0.1, 0.15) is 30.8 Å². The normalized spacial score (nSPS) is 11.1. The van der Waals surface area contributed by atoms with Crippen molar-refractivity contribution in [3.8, 4) is 11.1 Å². The Hall–Kier alpha value is -1.68. The third-order valence-corrected chi connectivity index (χ3v) is 3.59. The Morgan fingerprint density at radius 1 is 1.25 bits per heavy atom. The summed E-state index contributed by atoms with van der Waals surface area (Å²) in [6.45, 7) is 10.3. The van der Waals surface area contributed by atoms with Crippen LogP contribution in [0.3, 0.4) is 0 Å². The van der Waals surface area contributed by atoms with Crippen LogP contribution in [0.5, 0.6) is 0 Å². The van der Waals surface area contributed by atoms with Crippen LogP contribution in [-0.2, 0) is 13.1 Å². The molecule has 0 aliphatic rings. The van der Waals surface area contributed by atoms with Crippen molar-refractivity contribution in [3.63, 3.8) is 0 Å². The Morgan fingerprint density at radius 3 is 2.55 bits per heavy atom. The van der Waals surface area contributed by atoms with E-state index in [2.05, 4.69) is 17.3 Å². The molecule has 0 saturated carbocycles. The van der Waals surface area contributed by atoms with Gasteiger partial charge in [0, 0.05) is 29.9 Å². The standard InChI is InChI=1S/C16H22FN3/c1-5-18-10-14-8-7-13(9-15(14)17)16-11(3)19-20(6-2)12(16)4/h7-9,18H,5-6,10H2,1-4H3. The van der Waals surface area contributed by atoms with Crippen molar-refractivity contribution < 1.29 is 4.39 Å². The summed E-state index contributed by atoms with van der Waals surface area (Å²) in [6, 6.07) is 5.45. The number of rotatable bonds is 5. The van der Waals surface area contributed by atoms with Gasteiger partial charge in [-0.1, -0.05) is 19.1 Å². The lowest BCUT2D eigenvalue weighted by molar-refractivity contribution is 0.594. The SMILES string of the molecule is CCNCc1ccc(-c2c(C)nn(CC)c2C)cc1F. The van der Waals surface area contributed by atoms with Crippen LogP contribution >= 0.6 is 0 Å². The monoisotopic (exact) mass is 275 g/mol. The zero-order valence-electron chi connectivity index (χ0n) is 12.6. The number of hydrogen-bond acceptors (Lipinski definition) is 2. The van der Waals surface area contributed by atoms with Gasteiger partial charge in [-0.05, 0) is 38.9 Å². The van der Waals surface area contributed by atoms with Crippen LogP contribution in [-0.4, -0.2) is 16.3 Å². The van der Waals surface area contributed by atoms with Gasteiger partial charge in [0.25, 0.3) is 0 Å². The Bertz CT molecular complexity index is 602. The van der Waals surface area contributed by atoms with Crippen LogP contribution in [0, 0.1) is 19.7 Å². The number of benzene rings is 1. The molecule has 0 atom stereocenters. The van der Waals surface area contributed by atoms with Crippen molar-refractivity contribution >= 4 is 0 Å². The molecule has 0 aliphatic heterocycles. The lowest BCUT2D eigenvalue weighted by atomic mass is 10.0. The van der Waals surface area contributed by atoms with Crippen LogP contribution in [0.25, 0.3) is 11.1 Å². The summed E-state index contributed by atoms with van der Waals surface area (Å²) >= 11 is 0. The summed E-state index contributed by atoms with van der Waals surface area (Å²) < 4.78 is 16.1. The van der Waals surface area contributed by atoms with Crippen molar-refractivity contribution in [2.24, 2.45) is 0 Å². The molecule has 0 spiro atoms. The molecule has 1 heterocycles. The zero-order chi connectivity index (χ0) is 14.7. The fourth-order valence-electron chi connectivity index (χ4n) is 2.53. The topological polar surface area (TPSA) is 29.9 Å². The summed E-state index contributed by atoms with van der Waals surface area (Å²) in [5, 5.41) is 7.63. The number of halogens is 1. The van der Waals surface area contributed by atoms with Gasteiger partial charge in [0.2, 0.25) is 0 Å². The van der Waals surface area contributed by atoms with E-state index >= 15 is 0 Å². The second-order valence-electron chi connectivity index (χ2n) is 4.95. The largest absolute Gasteiger partial charge is 0.313 e. The Labute approximate surface area is 119 Å². The third kappa shape index (κ3) is 2.75. The van der Waals surface area contributed by atoms with E-state index in [0.29, 0.717) is 12.1 Å². The highest BCUT2D eigenvalue weighted by Gasteiger charge is 2.14. The number of nitrogens with one attached hydrogen (secondary N) is 1. The summed E-state index contributed by atoms with van der Waals surface area (Å²) in [5.74, 6) is -0.161. The number of aromatic nitrogens is 2. The van der Waals surface area contributed by atoms with Crippen molar-refractivity contribution in [2.75, 3.05) is 6.54 Å². The molecule has 2 rings (SSSR count). The molecule has 0 amide bonds. The van der Waals surface area contributed by atoms with Gasteiger partial charge in [0.15, 0.2) is 0 Å². The highest BCUT2D eigenvalue weighted by molar-refractivity contribution is 5.68. The van der Waals surface area contributed by atoms with Crippen LogP contribution < -0.4 is 5.32 Å². The molecule has 0 fully saturated rings. The van der Waals surface area contributed by atoms with Gasteiger partial charge in [0.1, 0.15) is 5.82 Å². The number of nitrogens with zero attached hydrogens (tertiary/aromatic N) is 2. The molecule has 0 radical (unpaired) electrons. The first kappa shape index (κ1) is 14.7. The maximum Gasteiger partial charge on any atom is 0.128 e. The molecule has 4 heteroatoms. The maximum absolute atomic E-state index is 14.1. The van der Waals surface area contributed by atoms with Gasteiger partial charge in [-0.25, -0.2) is 4.39 Å². The van der Waals surface area contributed by atoms with E-state index in [-0.39, 0.29) is 5.82 Å². The molecule has 108 valence electrons.